The van der Waals surface area contributed by atoms with Gasteiger partial charge in [0.05, 0.1) is 15.8 Å². The molecule has 0 aliphatic carbocycles. The summed E-state index contributed by atoms with van der Waals surface area (Å²) in [5.41, 5.74) is 0.180. The van der Waals surface area contributed by atoms with Crippen molar-refractivity contribution < 1.29 is 18.3 Å². The summed E-state index contributed by atoms with van der Waals surface area (Å²) in [7, 11) is 0. The molecule has 0 unspecified atom stereocenters. The number of hydrogen-bond acceptors (Lipinski definition) is 6. The molecule has 2 heterocycles. The van der Waals surface area contributed by atoms with Gasteiger partial charge in [-0.15, -0.1) is 16.4 Å². The average Bonchev–Trinajstić information content (AvgIpc) is 3.27. The van der Waals surface area contributed by atoms with Crippen molar-refractivity contribution >= 4 is 34.7 Å². The van der Waals surface area contributed by atoms with Crippen LogP contribution < -0.4 is 10.1 Å². The van der Waals surface area contributed by atoms with E-state index in [1.165, 1.54) is 23.5 Å². The molecule has 1 amide bonds. The van der Waals surface area contributed by atoms with Crippen LogP contribution in [0.1, 0.15) is 6.92 Å². The molecule has 0 bridgehead atoms. The van der Waals surface area contributed by atoms with E-state index in [-0.39, 0.29) is 17.3 Å². The van der Waals surface area contributed by atoms with Crippen LogP contribution in [0.4, 0.5) is 14.5 Å². The molecule has 2 aromatic heterocycles. The summed E-state index contributed by atoms with van der Waals surface area (Å²) >= 11 is 2.68. The third-order valence-corrected chi connectivity index (χ3v) is 5.07. The number of thiophene rings is 1. The van der Waals surface area contributed by atoms with Crippen LogP contribution in [0.25, 0.3) is 10.7 Å². The number of H-pyrrole nitrogens is 1. The largest absolute Gasteiger partial charge is 0.433 e. The van der Waals surface area contributed by atoms with Crippen LogP contribution >= 0.6 is 23.1 Å². The van der Waals surface area contributed by atoms with Gasteiger partial charge in [0.25, 0.3) is 0 Å². The fourth-order valence-corrected chi connectivity index (χ4v) is 3.43. The molecule has 10 heteroatoms. The molecular weight excluding hydrogens is 382 g/mol. The molecule has 0 saturated heterocycles. The Bertz CT molecular complexity index is 871. The van der Waals surface area contributed by atoms with E-state index in [0.717, 1.165) is 16.6 Å². The SMILES string of the molecule is C[C@H](Sc1n[nH]c(-c2cccs2)n1)C(=O)Nc1ccccc1OC(F)F. The Labute approximate surface area is 156 Å². The van der Waals surface area contributed by atoms with Gasteiger partial charge >= 0.3 is 6.61 Å². The third-order valence-electron chi connectivity index (χ3n) is 3.23. The Morgan fingerprint density at radius 1 is 1.31 bits per heavy atom. The minimum absolute atomic E-state index is 0.0917. The Balaban J connectivity index is 1.64. The Morgan fingerprint density at radius 3 is 2.85 bits per heavy atom. The van der Waals surface area contributed by atoms with Crippen molar-refractivity contribution in [1.82, 2.24) is 15.2 Å². The van der Waals surface area contributed by atoms with Crippen LogP contribution in [-0.4, -0.2) is 32.9 Å². The monoisotopic (exact) mass is 396 g/mol. The zero-order valence-electron chi connectivity index (χ0n) is 13.5. The Hall–Kier alpha value is -2.46. The van der Waals surface area contributed by atoms with Crippen molar-refractivity contribution in [2.75, 3.05) is 5.32 Å². The number of benzene rings is 1. The molecule has 6 nitrogen and oxygen atoms in total. The maximum atomic E-state index is 12.4. The number of aromatic nitrogens is 3. The summed E-state index contributed by atoms with van der Waals surface area (Å²) in [6.45, 7) is -1.29. The molecule has 3 aromatic rings. The summed E-state index contributed by atoms with van der Waals surface area (Å²) in [4.78, 5) is 17.6. The van der Waals surface area contributed by atoms with Crippen molar-refractivity contribution in [1.29, 1.82) is 0 Å². The van der Waals surface area contributed by atoms with Crippen LogP contribution in [0.15, 0.2) is 46.9 Å². The van der Waals surface area contributed by atoms with Crippen LogP contribution in [-0.2, 0) is 4.79 Å². The molecule has 0 radical (unpaired) electrons. The van der Waals surface area contributed by atoms with E-state index in [4.69, 9.17) is 0 Å². The molecule has 0 fully saturated rings. The van der Waals surface area contributed by atoms with E-state index in [1.54, 1.807) is 19.1 Å². The number of halogens is 2. The second kappa shape index (κ2) is 8.28. The highest BCUT2D eigenvalue weighted by molar-refractivity contribution is 8.00. The van der Waals surface area contributed by atoms with Crippen LogP contribution in [0, 0.1) is 0 Å². The van der Waals surface area contributed by atoms with Crippen molar-refractivity contribution in [2.45, 2.75) is 23.9 Å². The van der Waals surface area contributed by atoms with Gasteiger partial charge in [-0.25, -0.2) is 4.98 Å². The number of carbonyl (C=O) groups excluding carboxylic acids is 1. The Morgan fingerprint density at radius 2 is 2.12 bits per heavy atom. The lowest BCUT2D eigenvalue weighted by molar-refractivity contribution is -0.115. The zero-order valence-corrected chi connectivity index (χ0v) is 15.1. The van der Waals surface area contributed by atoms with E-state index in [1.807, 2.05) is 17.5 Å². The number of ether oxygens (including phenoxy) is 1. The number of para-hydroxylation sites is 2. The van der Waals surface area contributed by atoms with Gasteiger partial charge in [0.1, 0.15) is 5.75 Å². The van der Waals surface area contributed by atoms with Gasteiger partial charge in [-0.05, 0) is 30.5 Å². The van der Waals surface area contributed by atoms with Crippen molar-refractivity contribution in [3.05, 3.63) is 41.8 Å². The predicted octanol–water partition coefficient (Wildman–Crippen LogP) is 4.25. The first-order chi connectivity index (χ1) is 12.5. The van der Waals surface area contributed by atoms with E-state index in [9.17, 15) is 13.6 Å². The summed E-state index contributed by atoms with van der Waals surface area (Å²) in [6.07, 6.45) is 0. The topological polar surface area (TPSA) is 79.9 Å². The lowest BCUT2D eigenvalue weighted by Gasteiger charge is -2.14. The number of rotatable bonds is 7. The molecule has 0 spiro atoms. The summed E-state index contributed by atoms with van der Waals surface area (Å²) < 4.78 is 29.3. The second-order valence-corrected chi connectivity index (χ2v) is 7.32. The maximum absolute atomic E-state index is 12.4. The molecule has 136 valence electrons. The molecule has 0 aliphatic rings. The molecule has 1 aromatic carbocycles. The van der Waals surface area contributed by atoms with E-state index in [2.05, 4.69) is 25.2 Å². The molecule has 2 N–H and O–H groups in total. The minimum Gasteiger partial charge on any atom is -0.433 e. The highest BCUT2D eigenvalue weighted by atomic mass is 32.2. The van der Waals surface area contributed by atoms with Crippen LogP contribution in [0.5, 0.6) is 5.75 Å². The number of hydrogen-bond donors (Lipinski definition) is 2. The summed E-state index contributed by atoms with van der Waals surface area (Å²) in [6, 6.07) is 9.84. The fourth-order valence-electron chi connectivity index (χ4n) is 2.04. The number of thioether (sulfide) groups is 1. The highest BCUT2D eigenvalue weighted by Gasteiger charge is 2.19. The first kappa shape index (κ1) is 18.3. The fraction of sp³-hybridized carbons (Fsp3) is 0.188. The van der Waals surface area contributed by atoms with Crippen molar-refractivity contribution in [3.63, 3.8) is 0 Å². The van der Waals surface area contributed by atoms with Gasteiger partial charge in [-0.2, -0.15) is 8.78 Å². The normalized spacial score (nSPS) is 12.2. The standard InChI is InChI=1S/C16H14F2N4O2S2/c1-9(26-16-20-13(21-22-16)12-7-4-8-25-12)14(23)19-10-5-2-3-6-11(10)24-15(17)18/h2-9,15H,1H3,(H,19,23)(H,20,21,22)/t9-/m0/s1. The quantitative estimate of drug-likeness (QED) is 0.584. The van der Waals surface area contributed by atoms with E-state index in [0.29, 0.717) is 11.0 Å². The molecule has 0 aliphatic heterocycles. The zero-order chi connectivity index (χ0) is 18.5. The molecular formula is C16H14F2N4O2S2. The lowest BCUT2D eigenvalue weighted by Crippen LogP contribution is -2.23. The van der Waals surface area contributed by atoms with Gasteiger partial charge in [0, 0.05) is 0 Å². The first-order valence-electron chi connectivity index (χ1n) is 7.50. The van der Waals surface area contributed by atoms with Gasteiger partial charge in [-0.1, -0.05) is 30.0 Å². The number of alkyl halides is 2. The minimum atomic E-state index is -2.97. The summed E-state index contributed by atoms with van der Waals surface area (Å²) in [5.74, 6) is 0.166. The third kappa shape index (κ3) is 4.58. The highest BCUT2D eigenvalue weighted by Crippen LogP contribution is 2.28. The second-order valence-electron chi connectivity index (χ2n) is 5.07. The number of nitrogens with zero attached hydrogens (tertiary/aromatic N) is 2. The molecule has 1 atom stereocenters. The Kier molecular flexibility index (Phi) is 5.84. The van der Waals surface area contributed by atoms with Gasteiger partial charge < -0.3 is 10.1 Å². The number of aromatic amines is 1. The first-order valence-corrected chi connectivity index (χ1v) is 9.26. The average molecular weight is 396 g/mol. The maximum Gasteiger partial charge on any atom is 0.387 e. The summed E-state index contributed by atoms with van der Waals surface area (Å²) in [5, 5.41) is 11.3. The number of anilines is 1. The van der Waals surface area contributed by atoms with Crippen molar-refractivity contribution in [3.8, 4) is 16.5 Å². The number of carbonyl (C=O) groups is 1. The molecule has 0 saturated carbocycles. The van der Waals surface area contributed by atoms with Gasteiger partial charge in [0.15, 0.2) is 5.82 Å². The smallest absolute Gasteiger partial charge is 0.387 e. The van der Waals surface area contributed by atoms with E-state index < -0.39 is 11.9 Å². The number of amides is 1. The van der Waals surface area contributed by atoms with Gasteiger partial charge in [0.2, 0.25) is 11.1 Å². The molecule has 26 heavy (non-hydrogen) atoms. The van der Waals surface area contributed by atoms with Crippen molar-refractivity contribution in [2.24, 2.45) is 0 Å². The van der Waals surface area contributed by atoms with Crippen LogP contribution in [0.2, 0.25) is 0 Å². The van der Waals surface area contributed by atoms with Crippen LogP contribution in [0.3, 0.4) is 0 Å². The van der Waals surface area contributed by atoms with E-state index >= 15 is 0 Å². The lowest BCUT2D eigenvalue weighted by atomic mass is 10.3. The molecule has 3 rings (SSSR count). The number of nitrogens with one attached hydrogen (secondary N) is 2. The predicted molar refractivity (Wildman–Crippen MR) is 96.7 cm³/mol. The van der Waals surface area contributed by atoms with Gasteiger partial charge in [-0.3, -0.25) is 9.89 Å².